The fourth-order valence-electron chi connectivity index (χ4n) is 8.37. The lowest BCUT2D eigenvalue weighted by atomic mass is 9.47. The average Bonchev–Trinajstić information content (AvgIpc) is 3.26. The normalized spacial score (nSPS) is 51.8. The molecule has 144 valence electrons. The van der Waals surface area contributed by atoms with Gasteiger partial charge in [-0.05, 0) is 73.7 Å². The Balaban J connectivity index is 1.52. The topological polar surface area (TPSA) is 38.7 Å². The molecule has 5 aliphatic rings. The highest BCUT2D eigenvalue weighted by Crippen LogP contribution is 2.84. The number of hydrogen-bond donors (Lipinski definition) is 1. The van der Waals surface area contributed by atoms with Crippen molar-refractivity contribution in [3.05, 3.63) is 23.0 Å². The lowest BCUT2D eigenvalue weighted by Gasteiger charge is -2.58. The summed E-state index contributed by atoms with van der Waals surface area (Å²) in [6.45, 7) is 5.38. The number of aliphatic hydroxyl groups is 1. The van der Waals surface area contributed by atoms with Crippen molar-refractivity contribution >= 4 is 0 Å². The quantitative estimate of drug-likeness (QED) is 0.757. The Morgan fingerprint density at radius 1 is 1.27 bits per heavy atom. The summed E-state index contributed by atoms with van der Waals surface area (Å²) in [4.78, 5) is 0. The first-order valence-electron chi connectivity index (χ1n) is 10.6. The monoisotopic (exact) mass is 358 g/mol. The van der Waals surface area contributed by atoms with Gasteiger partial charge in [0.1, 0.15) is 0 Å². The second-order valence-corrected chi connectivity index (χ2v) is 10.2. The van der Waals surface area contributed by atoms with Crippen molar-refractivity contribution < 1.29 is 14.6 Å². The Kier molecular flexibility index (Phi) is 3.58. The van der Waals surface area contributed by atoms with Crippen LogP contribution in [0.3, 0.4) is 0 Å². The van der Waals surface area contributed by atoms with Crippen molar-refractivity contribution in [3.63, 3.8) is 0 Å². The fraction of sp³-hybridized carbons (Fsp3) is 0.826. The zero-order valence-corrected chi connectivity index (χ0v) is 16.8. The number of hydrogen-bond acceptors (Lipinski definition) is 3. The molecular weight excluding hydrogens is 324 g/mol. The van der Waals surface area contributed by atoms with Gasteiger partial charge in [0.2, 0.25) is 0 Å². The van der Waals surface area contributed by atoms with Gasteiger partial charge in [-0.15, -0.1) is 0 Å². The molecule has 3 fully saturated rings. The first-order chi connectivity index (χ1) is 12.4. The SMILES string of the molecule is COCC1(O)CC2C[C@@]23[C@@H]2C(C)CC4=C(CC=C(OC)C4)[C@H]2CC[C@]13C. The summed E-state index contributed by atoms with van der Waals surface area (Å²) in [6.07, 6.45) is 10.3. The van der Waals surface area contributed by atoms with E-state index in [4.69, 9.17) is 9.47 Å². The molecule has 0 aromatic heterocycles. The smallest absolute Gasteiger partial charge is 0.0959 e. The van der Waals surface area contributed by atoms with Gasteiger partial charge in [-0.3, -0.25) is 0 Å². The molecule has 26 heavy (non-hydrogen) atoms. The minimum absolute atomic E-state index is 0.0242. The van der Waals surface area contributed by atoms with Crippen molar-refractivity contribution in [1.29, 1.82) is 0 Å². The molecule has 5 rings (SSSR count). The minimum Gasteiger partial charge on any atom is -0.501 e. The molecule has 3 nitrogen and oxygen atoms in total. The van der Waals surface area contributed by atoms with E-state index >= 15 is 0 Å². The highest BCUT2D eigenvalue weighted by Gasteiger charge is 2.81. The summed E-state index contributed by atoms with van der Waals surface area (Å²) < 4.78 is 11.1. The summed E-state index contributed by atoms with van der Waals surface area (Å²) in [5.74, 6) is 4.05. The van der Waals surface area contributed by atoms with E-state index in [1.807, 2.05) is 0 Å². The number of allylic oxidation sites excluding steroid dienone is 3. The van der Waals surface area contributed by atoms with Crippen LogP contribution >= 0.6 is 0 Å². The molecule has 0 heterocycles. The van der Waals surface area contributed by atoms with Gasteiger partial charge in [-0.1, -0.05) is 25.0 Å². The van der Waals surface area contributed by atoms with E-state index in [2.05, 4.69) is 19.9 Å². The third-order valence-corrected chi connectivity index (χ3v) is 9.44. The largest absolute Gasteiger partial charge is 0.501 e. The summed E-state index contributed by atoms with van der Waals surface area (Å²) in [5.41, 5.74) is 3.15. The van der Waals surface area contributed by atoms with Crippen molar-refractivity contribution in [3.8, 4) is 0 Å². The van der Waals surface area contributed by atoms with Gasteiger partial charge in [-0.2, -0.15) is 0 Å². The van der Waals surface area contributed by atoms with Crippen LogP contribution in [0.5, 0.6) is 0 Å². The first-order valence-corrected chi connectivity index (χ1v) is 10.6. The van der Waals surface area contributed by atoms with Gasteiger partial charge in [0.15, 0.2) is 0 Å². The third kappa shape index (κ3) is 1.87. The van der Waals surface area contributed by atoms with Gasteiger partial charge >= 0.3 is 0 Å². The van der Waals surface area contributed by atoms with E-state index in [9.17, 15) is 5.11 Å². The number of ether oxygens (including phenoxy) is 2. The summed E-state index contributed by atoms with van der Waals surface area (Å²) in [5, 5.41) is 11.6. The maximum Gasteiger partial charge on any atom is 0.0959 e. The van der Waals surface area contributed by atoms with Gasteiger partial charge in [0, 0.05) is 18.9 Å². The maximum atomic E-state index is 11.6. The van der Waals surface area contributed by atoms with E-state index in [0.717, 1.165) is 43.3 Å². The minimum atomic E-state index is -0.625. The second kappa shape index (κ2) is 5.38. The molecule has 0 saturated heterocycles. The van der Waals surface area contributed by atoms with Crippen LogP contribution in [0.15, 0.2) is 23.0 Å². The Morgan fingerprint density at radius 3 is 2.81 bits per heavy atom. The molecule has 0 bridgehead atoms. The van der Waals surface area contributed by atoms with E-state index in [1.54, 1.807) is 25.4 Å². The average molecular weight is 359 g/mol. The standard InChI is InChI=1S/C23H34O3/c1-14-9-15-10-17(26-4)5-6-18(15)19-7-8-21(2)22(24,13-25-3)11-16-12-23(16,21)20(14)19/h5,14,16,19-20,24H,6-13H2,1-4H3/t14?,16?,19-,20-,21-,22?,23+/m1/s1. The molecule has 7 atom stereocenters. The Morgan fingerprint density at radius 2 is 2.08 bits per heavy atom. The van der Waals surface area contributed by atoms with Crippen molar-refractivity contribution in [2.45, 2.75) is 64.4 Å². The molecule has 3 saturated carbocycles. The number of methoxy groups -OCH3 is 2. The zero-order valence-electron chi connectivity index (χ0n) is 16.8. The molecule has 1 spiro atoms. The van der Waals surface area contributed by atoms with Crippen LogP contribution in [-0.2, 0) is 9.47 Å². The van der Waals surface area contributed by atoms with Crippen LogP contribution < -0.4 is 0 Å². The summed E-state index contributed by atoms with van der Waals surface area (Å²) in [6, 6.07) is 0. The Hall–Kier alpha value is -0.800. The van der Waals surface area contributed by atoms with Crippen molar-refractivity contribution in [2.75, 3.05) is 20.8 Å². The van der Waals surface area contributed by atoms with Gasteiger partial charge in [0.25, 0.3) is 0 Å². The molecule has 3 heteroatoms. The Bertz CT molecular complexity index is 694. The maximum absolute atomic E-state index is 11.6. The van der Waals surface area contributed by atoms with Gasteiger partial charge in [-0.25, -0.2) is 0 Å². The lowest BCUT2D eigenvalue weighted by molar-refractivity contribution is -0.164. The summed E-state index contributed by atoms with van der Waals surface area (Å²) >= 11 is 0. The summed E-state index contributed by atoms with van der Waals surface area (Å²) in [7, 11) is 3.55. The van der Waals surface area contributed by atoms with Crippen LogP contribution in [0.25, 0.3) is 0 Å². The van der Waals surface area contributed by atoms with Crippen molar-refractivity contribution in [1.82, 2.24) is 0 Å². The molecule has 0 aliphatic heterocycles. The first kappa shape index (κ1) is 17.3. The Labute approximate surface area is 157 Å². The number of rotatable bonds is 3. The molecule has 3 unspecified atom stereocenters. The molecule has 0 aromatic rings. The predicted molar refractivity (Wildman–Crippen MR) is 101 cm³/mol. The van der Waals surface area contributed by atoms with Crippen LogP contribution in [0.2, 0.25) is 0 Å². The van der Waals surface area contributed by atoms with E-state index < -0.39 is 5.60 Å². The number of fused-ring (bicyclic) bond motifs is 2. The van der Waals surface area contributed by atoms with Gasteiger partial charge in [0.05, 0.1) is 25.1 Å². The molecular formula is C23H34O3. The molecule has 0 radical (unpaired) electrons. The highest BCUT2D eigenvalue weighted by atomic mass is 16.5. The molecule has 0 amide bonds. The van der Waals surface area contributed by atoms with E-state index in [-0.39, 0.29) is 5.41 Å². The fourth-order valence-corrected chi connectivity index (χ4v) is 8.37. The molecule has 1 N–H and O–H groups in total. The zero-order chi connectivity index (χ0) is 18.3. The van der Waals surface area contributed by atoms with Crippen LogP contribution in [0.1, 0.15) is 58.8 Å². The van der Waals surface area contributed by atoms with Crippen molar-refractivity contribution in [2.24, 2.45) is 34.5 Å². The van der Waals surface area contributed by atoms with Gasteiger partial charge < -0.3 is 14.6 Å². The highest BCUT2D eigenvalue weighted by molar-refractivity contribution is 5.38. The van der Waals surface area contributed by atoms with E-state index in [1.165, 1.54) is 19.3 Å². The lowest BCUT2D eigenvalue weighted by Crippen LogP contribution is -2.57. The predicted octanol–water partition coefficient (Wildman–Crippen LogP) is 4.47. The second-order valence-electron chi connectivity index (χ2n) is 10.2. The van der Waals surface area contributed by atoms with Crippen LogP contribution in [0, 0.1) is 34.5 Å². The molecule has 5 aliphatic carbocycles. The van der Waals surface area contributed by atoms with E-state index in [0.29, 0.717) is 23.9 Å². The third-order valence-electron chi connectivity index (χ3n) is 9.44. The van der Waals surface area contributed by atoms with Crippen LogP contribution in [-0.4, -0.2) is 31.5 Å². The van der Waals surface area contributed by atoms with Crippen LogP contribution in [0.4, 0.5) is 0 Å². The molecule has 0 aromatic carbocycles.